The molecule has 5 nitrogen and oxygen atoms in total. The van der Waals surface area contributed by atoms with Crippen molar-refractivity contribution in [3.63, 3.8) is 0 Å². The lowest BCUT2D eigenvalue weighted by Gasteiger charge is -2.25. The number of carbonyl (C=O) groups is 3. The SMILES string of the molecule is CCCCCCCCCC(=O)C(N)(C(=O)CCCCCCCCC)C(=O)CCCCCCCCC.N#CS. The van der Waals surface area contributed by atoms with Gasteiger partial charge in [0.1, 0.15) is 5.40 Å². The molecule has 0 amide bonds. The van der Waals surface area contributed by atoms with Crippen molar-refractivity contribution in [2.75, 3.05) is 0 Å². The van der Waals surface area contributed by atoms with Gasteiger partial charge < -0.3 is 5.73 Å². The summed E-state index contributed by atoms with van der Waals surface area (Å²) in [6.07, 6.45) is 23.8. The number of thiol groups is 1. The van der Waals surface area contributed by atoms with Crippen LogP contribution in [0.1, 0.15) is 175 Å². The molecule has 0 heterocycles. The van der Waals surface area contributed by atoms with Crippen LogP contribution in [0.5, 0.6) is 0 Å². The maximum atomic E-state index is 13.1. The van der Waals surface area contributed by atoms with Crippen molar-refractivity contribution in [3.8, 4) is 5.40 Å². The third-order valence-corrected chi connectivity index (χ3v) is 7.34. The number of rotatable bonds is 27. The molecule has 0 saturated carbocycles. The standard InChI is InChI=1S/C31H59NO3.CHNS/c1-4-7-10-13-16-19-22-25-28(33)31(32,29(34)26-23-20-17-14-11-8-5-2)30(35)27-24-21-18-15-12-9-6-3;2-1-3/h4-27,32H2,1-3H3;3H. The third-order valence-electron chi connectivity index (χ3n) is 7.34. The number of unbranched alkanes of at least 4 members (excludes halogenated alkanes) is 18. The van der Waals surface area contributed by atoms with Gasteiger partial charge in [0.2, 0.25) is 0 Å². The molecule has 0 aromatic rings. The summed E-state index contributed by atoms with van der Waals surface area (Å²) in [6.45, 7) is 6.60. The zero-order valence-electron chi connectivity index (χ0n) is 25.2. The summed E-state index contributed by atoms with van der Waals surface area (Å²) >= 11 is 3.09. The number of thiocyanates is 1. The van der Waals surface area contributed by atoms with Crippen LogP contribution in [-0.4, -0.2) is 22.9 Å². The summed E-state index contributed by atoms with van der Waals surface area (Å²) in [5.41, 5.74) is 4.51. The Bertz CT molecular complexity index is 557. The van der Waals surface area contributed by atoms with Gasteiger partial charge in [-0.15, -0.1) is 0 Å². The predicted octanol–water partition coefficient (Wildman–Crippen LogP) is 9.21. The van der Waals surface area contributed by atoms with E-state index in [4.69, 9.17) is 11.0 Å². The van der Waals surface area contributed by atoms with E-state index in [1.54, 1.807) is 0 Å². The number of carbonyl (C=O) groups excluding carboxylic acids is 3. The van der Waals surface area contributed by atoms with E-state index in [0.29, 0.717) is 0 Å². The first-order valence-corrected chi connectivity index (χ1v) is 16.2. The molecule has 2 N–H and O–H groups in total. The van der Waals surface area contributed by atoms with Crippen molar-refractivity contribution < 1.29 is 14.4 Å². The molecular formula is C32H60N2O3S. The number of ketones is 3. The van der Waals surface area contributed by atoms with Crippen LogP contribution in [0.15, 0.2) is 0 Å². The highest BCUT2D eigenvalue weighted by atomic mass is 32.1. The van der Waals surface area contributed by atoms with Crippen molar-refractivity contribution in [2.24, 2.45) is 5.73 Å². The van der Waals surface area contributed by atoms with E-state index < -0.39 is 5.54 Å². The molecule has 0 aromatic carbocycles. The number of hydrogen-bond donors (Lipinski definition) is 2. The summed E-state index contributed by atoms with van der Waals surface area (Å²) < 4.78 is 0. The van der Waals surface area contributed by atoms with Crippen LogP contribution in [-0.2, 0) is 14.4 Å². The van der Waals surface area contributed by atoms with Crippen molar-refractivity contribution in [3.05, 3.63) is 0 Å². The van der Waals surface area contributed by atoms with Crippen LogP contribution in [0, 0.1) is 10.7 Å². The lowest BCUT2D eigenvalue weighted by molar-refractivity contribution is -0.142. The highest BCUT2D eigenvalue weighted by molar-refractivity contribution is 7.85. The Morgan fingerprint density at radius 1 is 0.526 bits per heavy atom. The fourth-order valence-corrected chi connectivity index (χ4v) is 4.79. The van der Waals surface area contributed by atoms with Gasteiger partial charge in [-0.3, -0.25) is 14.4 Å². The zero-order valence-corrected chi connectivity index (χ0v) is 26.1. The Labute approximate surface area is 240 Å². The van der Waals surface area contributed by atoms with Crippen molar-refractivity contribution in [1.82, 2.24) is 0 Å². The minimum Gasteiger partial charge on any atom is -0.307 e. The number of nitriles is 1. The van der Waals surface area contributed by atoms with Gasteiger partial charge in [-0.1, -0.05) is 149 Å². The zero-order chi connectivity index (χ0) is 28.9. The Kier molecular flexibility index (Phi) is 29.5. The molecule has 0 rings (SSSR count). The van der Waals surface area contributed by atoms with Crippen LogP contribution in [0.2, 0.25) is 0 Å². The Balaban J connectivity index is 0. The fraction of sp³-hybridized carbons (Fsp3) is 0.875. The smallest absolute Gasteiger partial charge is 0.193 e. The minimum atomic E-state index is -1.91. The number of Topliss-reactive ketones (excluding diaryl/α,β-unsaturated/α-hetero) is 3. The first-order chi connectivity index (χ1) is 18.4. The molecule has 0 saturated heterocycles. The van der Waals surface area contributed by atoms with Gasteiger partial charge in [0, 0.05) is 19.3 Å². The van der Waals surface area contributed by atoms with Gasteiger partial charge >= 0.3 is 0 Å². The molecule has 0 spiro atoms. The molecular weight excluding hydrogens is 492 g/mol. The first kappa shape index (κ1) is 39.0. The van der Waals surface area contributed by atoms with E-state index >= 15 is 0 Å². The van der Waals surface area contributed by atoms with E-state index in [2.05, 4.69) is 33.4 Å². The Morgan fingerprint density at radius 3 is 0.921 bits per heavy atom. The van der Waals surface area contributed by atoms with Gasteiger partial charge in [-0.25, -0.2) is 0 Å². The second kappa shape index (κ2) is 28.8. The molecule has 0 fully saturated rings. The second-order valence-corrected chi connectivity index (χ2v) is 11.0. The normalized spacial score (nSPS) is 10.9. The van der Waals surface area contributed by atoms with Crippen LogP contribution < -0.4 is 5.73 Å². The predicted molar refractivity (Wildman–Crippen MR) is 164 cm³/mol. The quantitative estimate of drug-likeness (QED) is 0.0458. The maximum Gasteiger partial charge on any atom is 0.193 e. The van der Waals surface area contributed by atoms with Crippen LogP contribution >= 0.6 is 12.6 Å². The summed E-state index contributed by atoms with van der Waals surface area (Å²) in [5, 5.41) is 8.63. The molecule has 0 aromatic heterocycles. The average molecular weight is 553 g/mol. The molecule has 0 unspecified atom stereocenters. The molecule has 0 aliphatic rings. The molecule has 0 aliphatic heterocycles. The minimum absolute atomic E-state index is 0.246. The molecule has 0 radical (unpaired) electrons. The van der Waals surface area contributed by atoms with Gasteiger partial charge in [-0.2, -0.15) is 5.26 Å². The molecule has 0 atom stereocenters. The highest BCUT2D eigenvalue weighted by Gasteiger charge is 2.46. The monoisotopic (exact) mass is 552 g/mol. The first-order valence-electron chi connectivity index (χ1n) is 15.8. The Hall–Kier alpha value is -1.19. The molecule has 0 bridgehead atoms. The van der Waals surface area contributed by atoms with E-state index in [1.807, 2.05) is 0 Å². The van der Waals surface area contributed by atoms with Gasteiger partial charge in [0.15, 0.2) is 22.9 Å². The maximum absolute atomic E-state index is 13.1. The second-order valence-electron chi connectivity index (χ2n) is 10.8. The summed E-state index contributed by atoms with van der Waals surface area (Å²) in [5.74, 6) is -1.02. The van der Waals surface area contributed by atoms with Gasteiger partial charge in [0.25, 0.3) is 0 Å². The number of hydrogen-bond acceptors (Lipinski definition) is 6. The molecule has 6 heteroatoms. The van der Waals surface area contributed by atoms with E-state index in [-0.39, 0.29) is 36.6 Å². The fourth-order valence-electron chi connectivity index (χ4n) is 4.79. The highest BCUT2D eigenvalue weighted by Crippen LogP contribution is 2.21. The largest absolute Gasteiger partial charge is 0.307 e. The Morgan fingerprint density at radius 2 is 0.711 bits per heavy atom. The lowest BCUT2D eigenvalue weighted by atomic mass is 9.79. The van der Waals surface area contributed by atoms with Crippen LogP contribution in [0.25, 0.3) is 0 Å². The summed E-state index contributed by atoms with van der Waals surface area (Å²) in [7, 11) is 0. The van der Waals surface area contributed by atoms with Crippen molar-refractivity contribution >= 4 is 30.0 Å². The van der Waals surface area contributed by atoms with Gasteiger partial charge in [0.05, 0.1) is 0 Å². The topological polar surface area (TPSA) is 101 Å². The molecule has 222 valence electrons. The number of nitrogens with two attached hydrogens (primary N) is 1. The summed E-state index contributed by atoms with van der Waals surface area (Å²) in [4.78, 5) is 39.4. The van der Waals surface area contributed by atoms with Crippen molar-refractivity contribution in [1.29, 1.82) is 5.26 Å². The van der Waals surface area contributed by atoms with Crippen LogP contribution in [0.4, 0.5) is 0 Å². The molecule has 0 aliphatic carbocycles. The van der Waals surface area contributed by atoms with E-state index in [9.17, 15) is 14.4 Å². The molecule has 38 heavy (non-hydrogen) atoms. The average Bonchev–Trinajstić information content (AvgIpc) is 2.91. The van der Waals surface area contributed by atoms with E-state index in [1.165, 1.54) is 82.5 Å². The summed E-state index contributed by atoms with van der Waals surface area (Å²) in [6, 6.07) is 0. The van der Waals surface area contributed by atoms with Crippen molar-refractivity contribution in [2.45, 2.75) is 180 Å². The van der Waals surface area contributed by atoms with E-state index in [0.717, 1.165) is 57.8 Å². The van der Waals surface area contributed by atoms with Gasteiger partial charge in [-0.05, 0) is 19.3 Å². The van der Waals surface area contributed by atoms with Crippen LogP contribution in [0.3, 0.4) is 0 Å². The number of nitrogens with zero attached hydrogens (tertiary/aromatic N) is 1. The third kappa shape index (κ3) is 20.7. The lowest BCUT2D eigenvalue weighted by Crippen LogP contribution is -2.61.